The van der Waals surface area contributed by atoms with Gasteiger partial charge < -0.3 is 20.4 Å². The average Bonchev–Trinajstić information content (AvgIpc) is 3.19. The number of cyclic esters (lactones) is 1. The van der Waals surface area contributed by atoms with Crippen molar-refractivity contribution in [2.45, 2.75) is 25.4 Å². The zero-order chi connectivity index (χ0) is 16.6. The summed E-state index contributed by atoms with van der Waals surface area (Å²) in [5.41, 5.74) is 1.34. The van der Waals surface area contributed by atoms with Crippen molar-refractivity contribution < 1.29 is 14.3 Å². The van der Waals surface area contributed by atoms with Crippen LogP contribution in [0.1, 0.15) is 29.6 Å². The van der Waals surface area contributed by atoms with Crippen LogP contribution in [0.15, 0.2) is 18.7 Å². The number of carbonyl (C=O) groups excluding carboxylic acids is 2. The van der Waals surface area contributed by atoms with Gasteiger partial charge in [0.05, 0.1) is 35.6 Å². The minimum atomic E-state index is -0.371. The number of hydrogen-bond acceptors (Lipinski definition) is 6. The van der Waals surface area contributed by atoms with Gasteiger partial charge in [0.15, 0.2) is 0 Å². The lowest BCUT2D eigenvalue weighted by Gasteiger charge is -2.29. The van der Waals surface area contributed by atoms with Crippen molar-refractivity contribution in [1.82, 2.24) is 25.6 Å². The molecule has 126 valence electrons. The van der Waals surface area contributed by atoms with Crippen molar-refractivity contribution in [1.29, 1.82) is 0 Å². The topological polar surface area (TPSA) is 109 Å². The maximum absolute atomic E-state index is 12.4. The Morgan fingerprint density at radius 3 is 3.04 bits per heavy atom. The first-order valence-corrected chi connectivity index (χ1v) is 8.15. The fourth-order valence-corrected chi connectivity index (χ4v) is 3.60. The third-order valence-electron chi connectivity index (χ3n) is 4.95. The highest BCUT2D eigenvalue weighted by Crippen LogP contribution is 2.41. The van der Waals surface area contributed by atoms with E-state index in [0.717, 1.165) is 25.9 Å². The molecule has 2 aromatic heterocycles. The molecule has 3 N–H and O–H groups in total. The van der Waals surface area contributed by atoms with Gasteiger partial charge in [0.1, 0.15) is 11.6 Å². The van der Waals surface area contributed by atoms with Crippen molar-refractivity contribution in [3.8, 4) is 0 Å². The second-order valence-electron chi connectivity index (χ2n) is 6.46. The number of piperidine rings is 1. The zero-order valence-corrected chi connectivity index (χ0v) is 13.2. The Labute approximate surface area is 138 Å². The molecule has 24 heavy (non-hydrogen) atoms. The third-order valence-corrected chi connectivity index (χ3v) is 4.95. The van der Waals surface area contributed by atoms with Gasteiger partial charge in [-0.2, -0.15) is 0 Å². The molecule has 0 aromatic carbocycles. The smallest absolute Gasteiger partial charge is 0.312 e. The van der Waals surface area contributed by atoms with Crippen LogP contribution in [-0.2, 0) is 9.53 Å². The average molecular weight is 329 g/mol. The Kier molecular flexibility index (Phi) is 3.68. The van der Waals surface area contributed by atoms with Crippen molar-refractivity contribution >= 4 is 22.9 Å². The van der Waals surface area contributed by atoms with Crippen LogP contribution in [0.25, 0.3) is 11.0 Å². The molecular formula is C16H19N5O3. The number of rotatable bonds is 3. The molecule has 0 saturated carbocycles. The number of imidazole rings is 1. The predicted octanol–water partition coefficient (Wildman–Crippen LogP) is 0.373. The first kappa shape index (κ1) is 15.1. The number of pyridine rings is 1. The number of aromatic nitrogens is 3. The summed E-state index contributed by atoms with van der Waals surface area (Å²) < 4.78 is 5.49. The molecule has 8 nitrogen and oxygen atoms in total. The van der Waals surface area contributed by atoms with E-state index in [-0.39, 0.29) is 23.4 Å². The number of fused-ring (bicyclic) bond motifs is 1. The summed E-state index contributed by atoms with van der Waals surface area (Å²) in [4.78, 5) is 35.8. The van der Waals surface area contributed by atoms with Gasteiger partial charge in [0.25, 0.3) is 5.91 Å². The zero-order valence-electron chi connectivity index (χ0n) is 13.2. The predicted molar refractivity (Wildman–Crippen MR) is 85.3 cm³/mol. The van der Waals surface area contributed by atoms with Crippen LogP contribution in [-0.4, -0.2) is 52.6 Å². The first-order chi connectivity index (χ1) is 11.7. The number of nitrogens with one attached hydrogen (secondary N) is 3. The van der Waals surface area contributed by atoms with Crippen molar-refractivity contribution in [2.24, 2.45) is 5.41 Å². The molecule has 0 radical (unpaired) electrons. The van der Waals surface area contributed by atoms with Gasteiger partial charge in [-0.3, -0.25) is 14.6 Å². The SMILES string of the molecule is O=C(NCC1CC2(CCNCC2)C(=O)O1)c1cncc2[nH]cnc12. The van der Waals surface area contributed by atoms with Gasteiger partial charge >= 0.3 is 5.97 Å². The van der Waals surface area contributed by atoms with E-state index in [0.29, 0.717) is 29.6 Å². The van der Waals surface area contributed by atoms with E-state index in [4.69, 9.17) is 4.74 Å². The molecule has 2 saturated heterocycles. The van der Waals surface area contributed by atoms with E-state index in [1.165, 1.54) is 12.5 Å². The van der Waals surface area contributed by atoms with Gasteiger partial charge in [-0.15, -0.1) is 0 Å². The van der Waals surface area contributed by atoms with Crippen molar-refractivity contribution in [2.75, 3.05) is 19.6 Å². The summed E-state index contributed by atoms with van der Waals surface area (Å²) in [7, 11) is 0. The molecule has 8 heteroatoms. The number of ether oxygens (including phenoxy) is 1. The molecule has 4 rings (SSSR count). The largest absolute Gasteiger partial charge is 0.460 e. The number of aromatic amines is 1. The fourth-order valence-electron chi connectivity index (χ4n) is 3.60. The van der Waals surface area contributed by atoms with Crippen LogP contribution in [0.2, 0.25) is 0 Å². The van der Waals surface area contributed by atoms with E-state index in [9.17, 15) is 9.59 Å². The third kappa shape index (κ3) is 2.52. The van der Waals surface area contributed by atoms with Crippen molar-refractivity contribution in [3.05, 3.63) is 24.3 Å². The highest BCUT2D eigenvalue weighted by Gasteiger charge is 2.49. The summed E-state index contributed by atoms with van der Waals surface area (Å²) in [6.45, 7) is 1.97. The number of H-pyrrole nitrogens is 1. The number of esters is 1. The molecule has 4 heterocycles. The Balaban J connectivity index is 1.41. The second kappa shape index (κ2) is 5.86. The molecule has 1 spiro atoms. The van der Waals surface area contributed by atoms with E-state index >= 15 is 0 Å². The Morgan fingerprint density at radius 1 is 1.38 bits per heavy atom. The molecule has 1 unspecified atom stereocenters. The van der Waals surface area contributed by atoms with E-state index in [2.05, 4.69) is 25.6 Å². The number of hydrogen-bond donors (Lipinski definition) is 3. The molecule has 2 fully saturated rings. The summed E-state index contributed by atoms with van der Waals surface area (Å²) in [6.07, 6.45) is 6.64. The van der Waals surface area contributed by atoms with Crippen LogP contribution in [0.3, 0.4) is 0 Å². The van der Waals surface area contributed by atoms with Gasteiger partial charge in [0, 0.05) is 12.6 Å². The normalized spacial score (nSPS) is 22.7. The van der Waals surface area contributed by atoms with Crippen LogP contribution in [0, 0.1) is 5.41 Å². The minimum absolute atomic E-state index is 0.126. The molecule has 1 atom stereocenters. The number of nitrogens with zero attached hydrogens (tertiary/aromatic N) is 2. The highest BCUT2D eigenvalue weighted by atomic mass is 16.6. The summed E-state index contributed by atoms with van der Waals surface area (Å²) in [5.74, 6) is -0.387. The lowest BCUT2D eigenvalue weighted by atomic mass is 9.76. The summed E-state index contributed by atoms with van der Waals surface area (Å²) in [5, 5.41) is 6.10. The Morgan fingerprint density at radius 2 is 2.21 bits per heavy atom. The maximum atomic E-state index is 12.4. The highest BCUT2D eigenvalue weighted by molar-refractivity contribution is 6.04. The second-order valence-corrected chi connectivity index (χ2v) is 6.46. The fraction of sp³-hybridized carbons (Fsp3) is 0.500. The Bertz CT molecular complexity index is 781. The van der Waals surface area contributed by atoms with E-state index in [1.54, 1.807) is 6.20 Å². The van der Waals surface area contributed by atoms with Gasteiger partial charge in [-0.1, -0.05) is 0 Å². The van der Waals surface area contributed by atoms with Crippen molar-refractivity contribution in [3.63, 3.8) is 0 Å². The maximum Gasteiger partial charge on any atom is 0.312 e. The molecule has 1 amide bonds. The minimum Gasteiger partial charge on any atom is -0.460 e. The molecule has 0 bridgehead atoms. The van der Waals surface area contributed by atoms with Gasteiger partial charge in [0.2, 0.25) is 0 Å². The van der Waals surface area contributed by atoms with Crippen LogP contribution < -0.4 is 10.6 Å². The standard InChI is InChI=1S/C16H19N5O3/c22-14(11-7-18-8-12-13(11)21-9-20-12)19-6-10-5-16(15(23)24-10)1-3-17-4-2-16/h7-10,17H,1-6H2,(H,19,22)(H,20,21). The summed E-state index contributed by atoms with van der Waals surface area (Å²) >= 11 is 0. The van der Waals surface area contributed by atoms with Crippen LogP contribution in [0.5, 0.6) is 0 Å². The van der Waals surface area contributed by atoms with Crippen LogP contribution >= 0.6 is 0 Å². The molecule has 2 aromatic rings. The van der Waals surface area contributed by atoms with Gasteiger partial charge in [-0.25, -0.2) is 4.98 Å². The first-order valence-electron chi connectivity index (χ1n) is 8.15. The monoisotopic (exact) mass is 329 g/mol. The molecule has 0 aliphatic carbocycles. The number of carbonyl (C=O) groups is 2. The molecule has 2 aliphatic rings. The lowest BCUT2D eigenvalue weighted by molar-refractivity contribution is -0.149. The van der Waals surface area contributed by atoms with E-state index < -0.39 is 0 Å². The quantitative estimate of drug-likeness (QED) is 0.702. The summed E-state index contributed by atoms with van der Waals surface area (Å²) in [6, 6.07) is 0. The molecule has 2 aliphatic heterocycles. The lowest BCUT2D eigenvalue weighted by Crippen LogP contribution is -2.39. The Hall–Kier alpha value is -2.48. The van der Waals surface area contributed by atoms with Crippen LogP contribution in [0.4, 0.5) is 0 Å². The van der Waals surface area contributed by atoms with E-state index in [1.807, 2.05) is 0 Å². The van der Waals surface area contributed by atoms with Gasteiger partial charge in [-0.05, 0) is 25.9 Å². The number of amides is 1. The molecular weight excluding hydrogens is 310 g/mol.